The van der Waals surface area contributed by atoms with Crippen LogP contribution in [0.2, 0.25) is 0 Å². The molecular formula is C18H22N4O. The van der Waals surface area contributed by atoms with Crippen molar-refractivity contribution in [3.8, 4) is 0 Å². The predicted octanol–water partition coefficient (Wildman–Crippen LogP) is 3.49. The zero-order chi connectivity index (χ0) is 16.6. The van der Waals surface area contributed by atoms with Crippen molar-refractivity contribution in [3.63, 3.8) is 0 Å². The zero-order valence-electron chi connectivity index (χ0n) is 14.1. The Balaban J connectivity index is 1.83. The van der Waals surface area contributed by atoms with Crippen molar-refractivity contribution in [3.05, 3.63) is 47.4 Å². The van der Waals surface area contributed by atoms with Crippen LogP contribution in [-0.2, 0) is 0 Å². The van der Waals surface area contributed by atoms with E-state index in [4.69, 9.17) is 0 Å². The van der Waals surface area contributed by atoms with Gasteiger partial charge in [0.05, 0.1) is 11.4 Å². The molecule has 2 heterocycles. The molecule has 1 aliphatic rings. The number of fused-ring (bicyclic) bond motifs is 1. The lowest BCUT2D eigenvalue weighted by atomic mass is 9.77. The molecule has 2 aromatic rings. The van der Waals surface area contributed by atoms with Crippen molar-refractivity contribution in [2.75, 3.05) is 0 Å². The van der Waals surface area contributed by atoms with Gasteiger partial charge in [-0.2, -0.15) is 5.10 Å². The summed E-state index contributed by atoms with van der Waals surface area (Å²) in [5.41, 5.74) is 7.03. The maximum absolute atomic E-state index is 12.4. The van der Waals surface area contributed by atoms with Crippen molar-refractivity contribution in [1.29, 1.82) is 0 Å². The van der Waals surface area contributed by atoms with Crippen molar-refractivity contribution < 1.29 is 4.79 Å². The van der Waals surface area contributed by atoms with Gasteiger partial charge in [-0.15, -0.1) is 0 Å². The molecule has 3 rings (SSSR count). The van der Waals surface area contributed by atoms with E-state index in [-0.39, 0.29) is 11.3 Å². The summed E-state index contributed by atoms with van der Waals surface area (Å²) in [4.78, 5) is 16.8. The van der Waals surface area contributed by atoms with Crippen LogP contribution in [0, 0.1) is 12.3 Å². The van der Waals surface area contributed by atoms with E-state index in [0.29, 0.717) is 5.69 Å². The van der Waals surface area contributed by atoms with E-state index >= 15 is 0 Å². The molecule has 0 bridgehead atoms. The second-order valence-electron chi connectivity index (χ2n) is 7.03. The summed E-state index contributed by atoms with van der Waals surface area (Å²) in [6, 6.07) is 5.70. The van der Waals surface area contributed by atoms with Gasteiger partial charge in [0.15, 0.2) is 5.69 Å². The molecule has 1 amide bonds. The number of carbonyl (C=O) groups is 1. The standard InChI is InChI=1S/C18H22N4O/c1-12-9-14(11-18(3,4)10-12)20-21-17(23)16-13(2)22-8-6-5-7-15(22)19-16/h5-9H,10-11H2,1-4H3,(H,21,23)/b20-14+. The van der Waals surface area contributed by atoms with Gasteiger partial charge in [-0.1, -0.05) is 25.5 Å². The maximum atomic E-state index is 12.4. The van der Waals surface area contributed by atoms with E-state index in [9.17, 15) is 4.79 Å². The number of hydrogen-bond acceptors (Lipinski definition) is 3. The van der Waals surface area contributed by atoms with Crippen LogP contribution in [0.3, 0.4) is 0 Å². The molecular weight excluding hydrogens is 288 g/mol. The third-order valence-electron chi connectivity index (χ3n) is 4.11. The molecule has 5 nitrogen and oxygen atoms in total. The van der Waals surface area contributed by atoms with Crippen molar-refractivity contribution >= 4 is 17.3 Å². The van der Waals surface area contributed by atoms with Crippen LogP contribution < -0.4 is 5.43 Å². The summed E-state index contributed by atoms with van der Waals surface area (Å²) in [6.07, 6.45) is 5.87. The first-order chi connectivity index (χ1) is 10.9. The SMILES string of the molecule is CC1=C/C(=N\NC(=O)c2nc3ccccn3c2C)CC(C)(C)C1. The van der Waals surface area contributed by atoms with Crippen LogP contribution in [0.4, 0.5) is 0 Å². The fourth-order valence-corrected chi connectivity index (χ4v) is 3.27. The van der Waals surface area contributed by atoms with Gasteiger partial charge in [-0.25, -0.2) is 10.4 Å². The Hall–Kier alpha value is -2.43. The third-order valence-corrected chi connectivity index (χ3v) is 4.11. The number of hydrogen-bond donors (Lipinski definition) is 1. The lowest BCUT2D eigenvalue weighted by Gasteiger charge is -2.29. The van der Waals surface area contributed by atoms with Crippen LogP contribution in [0.25, 0.3) is 5.65 Å². The molecule has 0 saturated carbocycles. The first-order valence-electron chi connectivity index (χ1n) is 7.83. The third kappa shape index (κ3) is 3.18. The van der Waals surface area contributed by atoms with E-state index in [2.05, 4.69) is 42.4 Å². The number of allylic oxidation sites excluding steroid dienone is 2. The van der Waals surface area contributed by atoms with Crippen LogP contribution in [-0.4, -0.2) is 21.0 Å². The van der Waals surface area contributed by atoms with Gasteiger partial charge in [0.2, 0.25) is 0 Å². The van der Waals surface area contributed by atoms with Gasteiger partial charge < -0.3 is 4.40 Å². The van der Waals surface area contributed by atoms with Crippen LogP contribution >= 0.6 is 0 Å². The fourth-order valence-electron chi connectivity index (χ4n) is 3.27. The Morgan fingerprint density at radius 3 is 2.78 bits per heavy atom. The quantitative estimate of drug-likeness (QED) is 0.863. The average Bonchev–Trinajstić information content (AvgIpc) is 2.80. The number of aryl methyl sites for hydroxylation is 1. The predicted molar refractivity (Wildman–Crippen MR) is 91.6 cm³/mol. The summed E-state index contributed by atoms with van der Waals surface area (Å²) >= 11 is 0. The topological polar surface area (TPSA) is 58.8 Å². The Bertz CT molecular complexity index is 827. The summed E-state index contributed by atoms with van der Waals surface area (Å²) in [7, 11) is 0. The van der Waals surface area contributed by atoms with Crippen molar-refractivity contribution in [2.24, 2.45) is 10.5 Å². The number of nitrogens with one attached hydrogen (secondary N) is 1. The number of amides is 1. The summed E-state index contributed by atoms with van der Waals surface area (Å²) in [6.45, 7) is 8.42. The molecule has 0 aromatic carbocycles. The largest absolute Gasteiger partial charge is 0.304 e. The highest BCUT2D eigenvalue weighted by atomic mass is 16.2. The van der Waals surface area contributed by atoms with E-state index in [1.807, 2.05) is 35.7 Å². The molecule has 120 valence electrons. The minimum atomic E-state index is -0.270. The van der Waals surface area contributed by atoms with E-state index in [1.54, 1.807) is 0 Å². The molecule has 0 atom stereocenters. The van der Waals surface area contributed by atoms with Crippen molar-refractivity contribution in [1.82, 2.24) is 14.8 Å². The minimum absolute atomic E-state index is 0.182. The van der Waals surface area contributed by atoms with Gasteiger partial charge in [-0.3, -0.25) is 4.79 Å². The normalized spacial score (nSPS) is 19.0. The van der Waals surface area contributed by atoms with Crippen molar-refractivity contribution in [2.45, 2.75) is 40.5 Å². The fraction of sp³-hybridized carbons (Fsp3) is 0.389. The Kier molecular flexibility index (Phi) is 3.80. The number of nitrogens with zero attached hydrogens (tertiary/aromatic N) is 3. The molecule has 2 aromatic heterocycles. The molecule has 1 N–H and O–H groups in total. The molecule has 0 fully saturated rings. The molecule has 0 spiro atoms. The summed E-state index contributed by atoms with van der Waals surface area (Å²) < 4.78 is 1.90. The number of hydrazone groups is 1. The van der Waals surface area contributed by atoms with Gasteiger partial charge in [0.25, 0.3) is 5.91 Å². The monoisotopic (exact) mass is 310 g/mol. The molecule has 0 saturated heterocycles. The van der Waals surface area contributed by atoms with E-state index < -0.39 is 0 Å². The molecule has 23 heavy (non-hydrogen) atoms. The zero-order valence-corrected chi connectivity index (χ0v) is 14.1. The maximum Gasteiger partial charge on any atom is 0.291 e. The van der Waals surface area contributed by atoms with E-state index in [1.165, 1.54) is 5.57 Å². The second-order valence-corrected chi connectivity index (χ2v) is 7.03. The molecule has 0 unspecified atom stereocenters. The molecule has 0 aliphatic heterocycles. The Morgan fingerprint density at radius 2 is 2.09 bits per heavy atom. The number of rotatable bonds is 2. The summed E-state index contributed by atoms with van der Waals surface area (Å²) in [5, 5.41) is 4.31. The number of pyridine rings is 1. The Morgan fingerprint density at radius 1 is 1.30 bits per heavy atom. The Labute approximate surface area is 136 Å². The van der Waals surface area contributed by atoms with Crippen LogP contribution in [0.5, 0.6) is 0 Å². The first kappa shape index (κ1) is 15.5. The first-order valence-corrected chi connectivity index (χ1v) is 7.83. The van der Waals surface area contributed by atoms with Gasteiger partial charge in [0, 0.05) is 6.20 Å². The highest BCUT2D eigenvalue weighted by Gasteiger charge is 2.25. The van der Waals surface area contributed by atoms with Gasteiger partial charge >= 0.3 is 0 Å². The molecule has 0 radical (unpaired) electrons. The molecule has 1 aliphatic carbocycles. The van der Waals surface area contributed by atoms with Crippen LogP contribution in [0.15, 0.2) is 41.1 Å². The van der Waals surface area contributed by atoms with Gasteiger partial charge in [0.1, 0.15) is 5.65 Å². The minimum Gasteiger partial charge on any atom is -0.304 e. The highest BCUT2D eigenvalue weighted by Crippen LogP contribution is 2.33. The number of aromatic nitrogens is 2. The van der Waals surface area contributed by atoms with Crippen LogP contribution in [0.1, 0.15) is 49.8 Å². The van der Waals surface area contributed by atoms with E-state index in [0.717, 1.165) is 29.9 Å². The van der Waals surface area contributed by atoms with Gasteiger partial charge in [-0.05, 0) is 50.3 Å². The smallest absolute Gasteiger partial charge is 0.291 e. The second kappa shape index (κ2) is 5.65. The average molecular weight is 310 g/mol. The lowest BCUT2D eigenvalue weighted by molar-refractivity contribution is 0.0949. The number of carbonyl (C=O) groups excluding carboxylic acids is 1. The summed E-state index contributed by atoms with van der Waals surface area (Å²) in [5.74, 6) is -0.270. The lowest BCUT2D eigenvalue weighted by Crippen LogP contribution is -2.25. The molecule has 5 heteroatoms. The number of imidazole rings is 1. The highest BCUT2D eigenvalue weighted by molar-refractivity contribution is 5.99.